The molecule has 0 saturated carbocycles. The summed E-state index contributed by atoms with van der Waals surface area (Å²) in [6, 6.07) is 74.2. The number of rotatable bonds is 3. The van der Waals surface area contributed by atoms with Crippen LogP contribution >= 0.6 is 22.7 Å². The van der Waals surface area contributed by atoms with E-state index in [1.54, 1.807) is 0 Å². The summed E-state index contributed by atoms with van der Waals surface area (Å²) in [4.78, 5) is 0. The zero-order chi connectivity index (χ0) is 38.6. The highest BCUT2D eigenvalue weighted by atomic mass is 32.1. The van der Waals surface area contributed by atoms with Gasteiger partial charge in [0.2, 0.25) is 0 Å². The van der Waals surface area contributed by atoms with E-state index < -0.39 is 0 Å². The van der Waals surface area contributed by atoms with Crippen molar-refractivity contribution in [1.82, 2.24) is 13.7 Å². The van der Waals surface area contributed by atoms with Gasteiger partial charge in [0.05, 0.1) is 16.7 Å². The highest BCUT2D eigenvalue weighted by Crippen LogP contribution is 2.41. The topological polar surface area (TPSA) is 14.8 Å². The molecule has 0 radical (unpaired) electrons. The Balaban J connectivity index is 1.17. The van der Waals surface area contributed by atoms with E-state index in [4.69, 9.17) is 0 Å². The van der Waals surface area contributed by atoms with Crippen LogP contribution in [0.15, 0.2) is 200 Å². The quantitative estimate of drug-likeness (QED) is 0.169. The molecule has 9 aromatic carbocycles. The molecule has 276 valence electrons. The highest BCUT2D eigenvalue weighted by Gasteiger charge is 2.18. The molecule has 0 fully saturated rings. The van der Waals surface area contributed by atoms with E-state index >= 15 is 0 Å². The molecule has 0 saturated heterocycles. The molecule has 0 aliphatic heterocycles. The lowest BCUT2D eigenvalue weighted by atomic mass is 10.1. The Kier molecular flexibility index (Phi) is 7.05. The fourth-order valence-electron chi connectivity index (χ4n) is 9.45. The second kappa shape index (κ2) is 12.7. The van der Waals surface area contributed by atoms with E-state index in [2.05, 4.69) is 214 Å². The van der Waals surface area contributed by atoms with Gasteiger partial charge in [-0.3, -0.25) is 0 Å². The molecule has 4 heterocycles. The smallest absolute Gasteiger partial charge is 0.0562 e. The van der Waals surface area contributed by atoms with E-state index in [0.717, 1.165) is 44.5 Å². The van der Waals surface area contributed by atoms with Crippen LogP contribution in [-0.4, -0.2) is 13.7 Å². The molecule has 0 unspecified atom stereocenters. The fraction of sp³-hybridized carbons (Fsp3) is 0. The molecule has 0 N–H and O–H groups in total. The number of aromatic nitrogens is 3. The molecular weight excluding hydrogens is 755 g/mol. The zero-order valence-corrected chi connectivity index (χ0v) is 33.3. The van der Waals surface area contributed by atoms with Crippen LogP contribution in [0.5, 0.6) is 0 Å². The van der Waals surface area contributed by atoms with Crippen LogP contribution in [0.4, 0.5) is 0 Å². The van der Waals surface area contributed by atoms with Crippen molar-refractivity contribution in [2.45, 2.75) is 0 Å². The number of hydrogen-bond donors (Lipinski definition) is 0. The molecule has 0 aliphatic rings. The SMILES string of the molecule is c1ccc(-n2c3ccccc3c3c(-n4c5cccc(c5)c5cccc(c5)n(-c5ccc6c(c5)sc5ccccc56)c5ccc6sc7ccc4cc7c6c5)cccc32)cc1. The Morgan fingerprint density at radius 2 is 0.864 bits per heavy atom. The van der Waals surface area contributed by atoms with Gasteiger partial charge in [-0.15, -0.1) is 22.7 Å². The molecule has 0 atom stereocenters. The summed E-state index contributed by atoms with van der Waals surface area (Å²) in [5.74, 6) is 0. The minimum Gasteiger partial charge on any atom is -0.310 e. The fourth-order valence-corrected chi connectivity index (χ4v) is 11.7. The van der Waals surface area contributed by atoms with Crippen molar-refractivity contribution in [3.8, 4) is 17.1 Å². The molecule has 0 spiro atoms. The number of thiophene rings is 2. The second-order valence-corrected chi connectivity index (χ2v) is 17.5. The molecule has 0 amide bonds. The average molecular weight is 788 g/mol. The van der Waals surface area contributed by atoms with E-state index in [1.165, 1.54) is 67.5 Å². The van der Waals surface area contributed by atoms with Gasteiger partial charge in [-0.05, 0) is 120 Å². The molecule has 13 rings (SSSR count). The summed E-state index contributed by atoms with van der Waals surface area (Å²) < 4.78 is 12.5. The van der Waals surface area contributed by atoms with Gasteiger partial charge in [-0.1, -0.05) is 91.0 Å². The number of fused-ring (bicyclic) bond motifs is 13. The molecular formula is C54H33N3S2. The molecule has 8 bridgehead atoms. The predicted molar refractivity (Wildman–Crippen MR) is 255 cm³/mol. The molecule has 59 heavy (non-hydrogen) atoms. The van der Waals surface area contributed by atoms with Crippen LogP contribution in [0.3, 0.4) is 0 Å². The van der Waals surface area contributed by atoms with Gasteiger partial charge in [-0.25, -0.2) is 0 Å². The Morgan fingerprint density at radius 1 is 0.288 bits per heavy atom. The number of nitrogens with zero attached hydrogens (tertiary/aromatic N) is 3. The summed E-state index contributed by atoms with van der Waals surface area (Å²) in [6.45, 7) is 0. The first-order valence-corrected chi connectivity index (χ1v) is 21.6. The normalized spacial score (nSPS) is 12.1. The lowest BCUT2D eigenvalue weighted by Crippen LogP contribution is -1.99. The largest absolute Gasteiger partial charge is 0.310 e. The highest BCUT2D eigenvalue weighted by molar-refractivity contribution is 7.26. The van der Waals surface area contributed by atoms with Crippen LogP contribution in [0.25, 0.3) is 112 Å². The van der Waals surface area contributed by atoms with Crippen molar-refractivity contribution in [3.05, 3.63) is 200 Å². The van der Waals surface area contributed by atoms with Crippen LogP contribution in [0, 0.1) is 0 Å². The maximum Gasteiger partial charge on any atom is 0.0562 e. The Labute approximate surface area is 346 Å². The first-order chi connectivity index (χ1) is 29.2. The monoisotopic (exact) mass is 787 g/mol. The minimum atomic E-state index is 1.11. The molecule has 13 aromatic rings. The van der Waals surface area contributed by atoms with Crippen molar-refractivity contribution in [1.29, 1.82) is 0 Å². The van der Waals surface area contributed by atoms with Gasteiger partial charge in [0, 0.05) is 84.6 Å². The second-order valence-electron chi connectivity index (χ2n) is 15.4. The summed E-state index contributed by atoms with van der Waals surface area (Å²) in [7, 11) is 0. The lowest BCUT2D eigenvalue weighted by Gasteiger charge is -2.15. The summed E-state index contributed by atoms with van der Waals surface area (Å²) in [5.41, 5.74) is 10.3. The van der Waals surface area contributed by atoms with Crippen LogP contribution in [-0.2, 0) is 0 Å². The molecule has 0 aliphatic carbocycles. The van der Waals surface area contributed by atoms with Crippen molar-refractivity contribution in [2.24, 2.45) is 0 Å². The van der Waals surface area contributed by atoms with Gasteiger partial charge in [0.15, 0.2) is 0 Å². The van der Waals surface area contributed by atoms with Crippen LogP contribution < -0.4 is 0 Å². The Morgan fingerprint density at radius 3 is 1.64 bits per heavy atom. The van der Waals surface area contributed by atoms with E-state index in [0.29, 0.717) is 0 Å². The third kappa shape index (κ3) is 4.99. The Hall–Kier alpha value is -7.18. The van der Waals surface area contributed by atoms with Gasteiger partial charge < -0.3 is 13.7 Å². The maximum absolute atomic E-state index is 2.47. The van der Waals surface area contributed by atoms with E-state index in [9.17, 15) is 0 Å². The standard InChI is InChI=1S/C54H33N3S2/c1-2-13-36(14-3-1)57-47-19-6-4-18-44(47)54-48(20-10-21-49(54)57)56-38-16-9-12-35(30-38)34-11-8-15-37(29-34)55(41-23-26-43-42-17-5-7-22-50(42)59-53(43)33-41)39-24-27-51-45(31-39)46-32-40(56)25-28-52(46)58-51/h1-33H. The van der Waals surface area contributed by atoms with Gasteiger partial charge >= 0.3 is 0 Å². The first-order valence-electron chi connectivity index (χ1n) is 20.0. The minimum absolute atomic E-state index is 1.11. The Bertz CT molecular complexity index is 3910. The summed E-state index contributed by atoms with van der Waals surface area (Å²) in [5, 5.41) is 9.93. The predicted octanol–water partition coefficient (Wildman–Crippen LogP) is 15.7. The van der Waals surface area contributed by atoms with Crippen molar-refractivity contribution < 1.29 is 0 Å². The number of para-hydroxylation sites is 2. The number of benzene rings is 9. The van der Waals surface area contributed by atoms with Crippen LogP contribution in [0.2, 0.25) is 0 Å². The molecule has 3 nitrogen and oxygen atoms in total. The molecule has 5 heteroatoms. The number of hydrogen-bond acceptors (Lipinski definition) is 2. The first kappa shape index (κ1) is 32.9. The third-order valence-corrected chi connectivity index (χ3v) is 14.3. The lowest BCUT2D eigenvalue weighted by molar-refractivity contribution is 1.16. The van der Waals surface area contributed by atoms with Gasteiger partial charge in [-0.2, -0.15) is 0 Å². The zero-order valence-electron chi connectivity index (χ0n) is 31.7. The summed E-state index contributed by atoms with van der Waals surface area (Å²) in [6.07, 6.45) is 0. The van der Waals surface area contributed by atoms with E-state index in [-0.39, 0.29) is 0 Å². The van der Waals surface area contributed by atoms with Crippen molar-refractivity contribution >= 4 is 118 Å². The molecule has 4 aromatic heterocycles. The van der Waals surface area contributed by atoms with Crippen LogP contribution in [0.1, 0.15) is 0 Å². The van der Waals surface area contributed by atoms with Gasteiger partial charge in [0.1, 0.15) is 0 Å². The third-order valence-electron chi connectivity index (χ3n) is 12.0. The summed E-state index contributed by atoms with van der Waals surface area (Å²) >= 11 is 3.73. The van der Waals surface area contributed by atoms with Gasteiger partial charge in [0.25, 0.3) is 0 Å². The van der Waals surface area contributed by atoms with Crippen molar-refractivity contribution in [2.75, 3.05) is 0 Å². The maximum atomic E-state index is 2.47. The van der Waals surface area contributed by atoms with Crippen molar-refractivity contribution in [3.63, 3.8) is 0 Å². The average Bonchev–Trinajstić information content (AvgIpc) is 3.96. The van der Waals surface area contributed by atoms with E-state index in [1.807, 2.05) is 22.7 Å².